The first kappa shape index (κ1) is 13.3. The molecule has 90 valence electrons. The van der Waals surface area contributed by atoms with E-state index in [9.17, 15) is 0 Å². The molecule has 1 rings (SSSR count). The Balaban J connectivity index is 2.65. The summed E-state index contributed by atoms with van der Waals surface area (Å²) in [5.74, 6) is 0.851. The zero-order chi connectivity index (χ0) is 12.0. The van der Waals surface area contributed by atoms with Crippen LogP contribution in [0.4, 0.5) is 0 Å². The SMILES string of the molecule is CNCCN(C)Cc1ccc(Cl)cc1OC. The molecule has 0 spiro atoms. The minimum atomic E-state index is 0.707. The molecule has 4 heteroatoms. The highest BCUT2D eigenvalue weighted by Gasteiger charge is 2.06. The van der Waals surface area contributed by atoms with Crippen molar-refractivity contribution in [3.63, 3.8) is 0 Å². The third-order valence-corrected chi connectivity index (χ3v) is 2.67. The zero-order valence-corrected chi connectivity index (χ0v) is 10.8. The summed E-state index contributed by atoms with van der Waals surface area (Å²) in [5, 5.41) is 3.83. The molecule has 0 unspecified atom stereocenters. The standard InChI is InChI=1S/C12H19ClN2O/c1-14-6-7-15(2)9-10-4-5-11(13)8-12(10)16-3/h4-5,8,14H,6-7,9H2,1-3H3. The number of ether oxygens (including phenoxy) is 1. The smallest absolute Gasteiger partial charge is 0.124 e. The fraction of sp³-hybridized carbons (Fsp3) is 0.500. The molecule has 16 heavy (non-hydrogen) atoms. The van der Waals surface area contributed by atoms with E-state index in [0.717, 1.165) is 30.9 Å². The molecule has 0 saturated heterocycles. The number of nitrogens with one attached hydrogen (secondary N) is 1. The molecule has 1 aromatic carbocycles. The van der Waals surface area contributed by atoms with Crippen molar-refractivity contribution in [1.29, 1.82) is 0 Å². The van der Waals surface area contributed by atoms with Gasteiger partial charge in [-0.3, -0.25) is 0 Å². The van der Waals surface area contributed by atoms with Crippen molar-refractivity contribution in [2.24, 2.45) is 0 Å². The van der Waals surface area contributed by atoms with E-state index in [2.05, 4.69) is 17.3 Å². The van der Waals surface area contributed by atoms with E-state index in [1.807, 2.05) is 25.2 Å². The molecule has 0 radical (unpaired) electrons. The Kier molecular flexibility index (Phi) is 5.60. The average Bonchev–Trinajstić information content (AvgIpc) is 2.28. The van der Waals surface area contributed by atoms with Gasteiger partial charge in [0.05, 0.1) is 7.11 Å². The van der Waals surface area contributed by atoms with Crippen molar-refractivity contribution < 1.29 is 4.74 Å². The molecule has 0 aliphatic rings. The number of hydrogen-bond donors (Lipinski definition) is 1. The molecule has 0 aromatic heterocycles. The van der Waals surface area contributed by atoms with Crippen molar-refractivity contribution in [3.8, 4) is 5.75 Å². The molecule has 0 bridgehead atoms. The minimum absolute atomic E-state index is 0.707. The van der Waals surface area contributed by atoms with E-state index < -0.39 is 0 Å². The molecule has 0 amide bonds. The average molecular weight is 243 g/mol. The maximum absolute atomic E-state index is 5.91. The van der Waals surface area contributed by atoms with Gasteiger partial charge in [0.25, 0.3) is 0 Å². The summed E-state index contributed by atoms with van der Waals surface area (Å²) in [4.78, 5) is 2.24. The molecule has 0 aliphatic carbocycles. The summed E-state index contributed by atoms with van der Waals surface area (Å²) in [6.45, 7) is 2.84. The van der Waals surface area contributed by atoms with Crippen LogP contribution in [0.2, 0.25) is 5.02 Å². The van der Waals surface area contributed by atoms with Gasteiger partial charge in [-0.15, -0.1) is 0 Å². The van der Waals surface area contributed by atoms with Crippen molar-refractivity contribution >= 4 is 11.6 Å². The zero-order valence-electron chi connectivity index (χ0n) is 10.1. The monoisotopic (exact) mass is 242 g/mol. The topological polar surface area (TPSA) is 24.5 Å². The van der Waals surface area contributed by atoms with Gasteiger partial charge in [-0.05, 0) is 26.2 Å². The van der Waals surface area contributed by atoms with Crippen molar-refractivity contribution in [2.45, 2.75) is 6.54 Å². The molecular formula is C12H19ClN2O. The lowest BCUT2D eigenvalue weighted by Crippen LogP contribution is -2.27. The maximum Gasteiger partial charge on any atom is 0.124 e. The second kappa shape index (κ2) is 6.74. The van der Waals surface area contributed by atoms with Crippen LogP contribution in [0.3, 0.4) is 0 Å². The van der Waals surface area contributed by atoms with Gasteiger partial charge in [0.1, 0.15) is 5.75 Å². The van der Waals surface area contributed by atoms with Gasteiger partial charge in [-0.2, -0.15) is 0 Å². The quantitative estimate of drug-likeness (QED) is 0.826. The predicted molar refractivity (Wildman–Crippen MR) is 68.3 cm³/mol. The van der Waals surface area contributed by atoms with E-state index in [4.69, 9.17) is 16.3 Å². The summed E-state index contributed by atoms with van der Waals surface area (Å²) in [5.41, 5.74) is 1.16. The fourth-order valence-corrected chi connectivity index (χ4v) is 1.68. The lowest BCUT2D eigenvalue weighted by molar-refractivity contribution is 0.318. The Bertz CT molecular complexity index is 331. The van der Waals surface area contributed by atoms with E-state index in [1.54, 1.807) is 7.11 Å². The van der Waals surface area contributed by atoms with E-state index >= 15 is 0 Å². The van der Waals surface area contributed by atoms with E-state index in [0.29, 0.717) is 5.02 Å². The van der Waals surface area contributed by atoms with Crippen LogP contribution in [0.15, 0.2) is 18.2 Å². The molecular weight excluding hydrogens is 224 g/mol. The number of benzene rings is 1. The van der Waals surface area contributed by atoms with Crippen molar-refractivity contribution in [3.05, 3.63) is 28.8 Å². The lowest BCUT2D eigenvalue weighted by Gasteiger charge is -2.18. The van der Waals surface area contributed by atoms with E-state index in [1.165, 1.54) is 0 Å². The molecule has 1 aromatic rings. The summed E-state index contributed by atoms with van der Waals surface area (Å²) >= 11 is 5.91. The Morgan fingerprint density at radius 1 is 1.44 bits per heavy atom. The highest BCUT2D eigenvalue weighted by Crippen LogP contribution is 2.23. The largest absolute Gasteiger partial charge is 0.496 e. The van der Waals surface area contributed by atoms with Crippen LogP contribution >= 0.6 is 11.6 Å². The van der Waals surface area contributed by atoms with Gasteiger partial charge in [0, 0.05) is 30.2 Å². The van der Waals surface area contributed by atoms with Crippen molar-refractivity contribution in [2.75, 3.05) is 34.3 Å². The van der Waals surface area contributed by atoms with Gasteiger partial charge in [-0.25, -0.2) is 0 Å². The highest BCUT2D eigenvalue weighted by molar-refractivity contribution is 6.30. The molecule has 0 fully saturated rings. The number of methoxy groups -OCH3 is 1. The number of halogens is 1. The van der Waals surface area contributed by atoms with Crippen molar-refractivity contribution in [1.82, 2.24) is 10.2 Å². The number of nitrogens with zero attached hydrogens (tertiary/aromatic N) is 1. The molecule has 0 heterocycles. The Morgan fingerprint density at radius 2 is 2.19 bits per heavy atom. The fourth-order valence-electron chi connectivity index (χ4n) is 1.52. The number of likely N-dealkylation sites (N-methyl/N-ethyl adjacent to an activating group) is 2. The van der Waals surface area contributed by atoms with Gasteiger partial charge in [0.15, 0.2) is 0 Å². The Labute approximate surface area is 102 Å². The van der Waals surface area contributed by atoms with Gasteiger partial charge in [-0.1, -0.05) is 17.7 Å². The van der Waals surface area contributed by atoms with Crippen LogP contribution in [0, 0.1) is 0 Å². The summed E-state index contributed by atoms with van der Waals surface area (Å²) in [7, 11) is 5.71. The second-order valence-electron chi connectivity index (χ2n) is 3.80. The molecule has 0 saturated carbocycles. The van der Waals surface area contributed by atoms with Gasteiger partial charge < -0.3 is 15.0 Å². The van der Waals surface area contributed by atoms with Gasteiger partial charge in [0.2, 0.25) is 0 Å². The number of hydrogen-bond acceptors (Lipinski definition) is 3. The van der Waals surface area contributed by atoms with Crippen LogP contribution in [0.25, 0.3) is 0 Å². The highest BCUT2D eigenvalue weighted by atomic mass is 35.5. The lowest BCUT2D eigenvalue weighted by atomic mass is 10.2. The van der Waals surface area contributed by atoms with Crippen LogP contribution < -0.4 is 10.1 Å². The maximum atomic E-state index is 5.91. The van der Waals surface area contributed by atoms with Crippen LogP contribution in [-0.4, -0.2) is 39.2 Å². The molecule has 1 N–H and O–H groups in total. The summed E-state index contributed by atoms with van der Waals surface area (Å²) in [6.07, 6.45) is 0. The van der Waals surface area contributed by atoms with E-state index in [-0.39, 0.29) is 0 Å². The summed E-state index contributed by atoms with van der Waals surface area (Å²) < 4.78 is 5.30. The molecule has 0 atom stereocenters. The van der Waals surface area contributed by atoms with Crippen LogP contribution in [0.5, 0.6) is 5.75 Å². The molecule has 3 nitrogen and oxygen atoms in total. The third kappa shape index (κ3) is 4.00. The number of rotatable bonds is 6. The minimum Gasteiger partial charge on any atom is -0.496 e. The van der Waals surface area contributed by atoms with Crippen LogP contribution in [-0.2, 0) is 6.54 Å². The first-order valence-corrected chi connectivity index (χ1v) is 5.70. The van der Waals surface area contributed by atoms with Gasteiger partial charge >= 0.3 is 0 Å². The predicted octanol–water partition coefficient (Wildman–Crippen LogP) is 2.00. The Hall–Kier alpha value is -0.770. The van der Waals surface area contributed by atoms with Crippen LogP contribution in [0.1, 0.15) is 5.56 Å². The third-order valence-electron chi connectivity index (χ3n) is 2.43. The first-order valence-electron chi connectivity index (χ1n) is 5.33. The molecule has 0 aliphatic heterocycles. The first-order chi connectivity index (χ1) is 7.67. The summed E-state index contributed by atoms with van der Waals surface area (Å²) in [6, 6.07) is 5.76. The Morgan fingerprint density at radius 3 is 2.81 bits per heavy atom. The normalized spacial score (nSPS) is 10.8. The second-order valence-corrected chi connectivity index (χ2v) is 4.23.